The number of benzene rings is 2. The molecule has 1 aromatic heterocycles. The van der Waals surface area contributed by atoms with Crippen molar-refractivity contribution >= 4 is 11.6 Å². The lowest BCUT2D eigenvalue weighted by Crippen LogP contribution is -2.25. The third-order valence-electron chi connectivity index (χ3n) is 5.33. The van der Waals surface area contributed by atoms with E-state index in [1.165, 1.54) is 36.4 Å². The SMILES string of the molecule is Cn1cnnc1C[C@](C)(F)c1cccc(N2Cc3c(cccc3C(F)(F)F)C2=O)c1. The van der Waals surface area contributed by atoms with Gasteiger partial charge in [0.15, 0.2) is 0 Å². The van der Waals surface area contributed by atoms with Crippen LogP contribution in [0.3, 0.4) is 0 Å². The van der Waals surface area contributed by atoms with Gasteiger partial charge in [-0.2, -0.15) is 13.2 Å². The van der Waals surface area contributed by atoms with Crippen molar-refractivity contribution in [2.45, 2.75) is 31.7 Å². The second-order valence-electron chi connectivity index (χ2n) is 7.50. The summed E-state index contributed by atoms with van der Waals surface area (Å²) in [7, 11) is 1.71. The minimum absolute atomic E-state index is 0.0114. The van der Waals surface area contributed by atoms with E-state index in [9.17, 15) is 18.0 Å². The molecule has 9 heteroatoms. The highest BCUT2D eigenvalue weighted by molar-refractivity contribution is 6.10. The maximum Gasteiger partial charge on any atom is 0.416 e. The molecular formula is C21H18F4N4O. The Morgan fingerprint density at radius 1 is 1.10 bits per heavy atom. The van der Waals surface area contributed by atoms with Crippen molar-refractivity contribution in [3.63, 3.8) is 0 Å². The number of fused-ring (bicyclic) bond motifs is 1. The Morgan fingerprint density at radius 2 is 1.83 bits per heavy atom. The van der Waals surface area contributed by atoms with Gasteiger partial charge < -0.3 is 9.47 Å². The first-order chi connectivity index (χ1) is 14.1. The fourth-order valence-corrected chi connectivity index (χ4v) is 3.67. The molecule has 0 bridgehead atoms. The van der Waals surface area contributed by atoms with Crippen LogP contribution in [-0.2, 0) is 31.9 Å². The number of aromatic nitrogens is 3. The van der Waals surface area contributed by atoms with Gasteiger partial charge in [0, 0.05) is 24.7 Å². The Balaban J connectivity index is 1.66. The summed E-state index contributed by atoms with van der Waals surface area (Å²) in [6.45, 7) is 1.17. The van der Waals surface area contributed by atoms with Gasteiger partial charge in [-0.3, -0.25) is 4.79 Å². The summed E-state index contributed by atoms with van der Waals surface area (Å²) in [5, 5.41) is 7.64. The van der Waals surface area contributed by atoms with Crippen LogP contribution in [0, 0.1) is 0 Å². The zero-order chi connectivity index (χ0) is 21.7. The highest BCUT2D eigenvalue weighted by Gasteiger charge is 2.40. The van der Waals surface area contributed by atoms with Crippen LogP contribution in [0.15, 0.2) is 48.8 Å². The number of carbonyl (C=O) groups excluding carboxylic acids is 1. The molecule has 0 unspecified atom stereocenters. The standard InChI is InChI=1S/C21H18F4N4O/c1-20(22,10-18-27-26-12-28(18)2)13-5-3-6-14(9-13)29-11-16-15(19(29)30)7-4-8-17(16)21(23,24)25/h3-9,12H,10-11H2,1-2H3/t20-/m0/s1. The highest BCUT2D eigenvalue weighted by atomic mass is 19.4. The number of hydrogen-bond acceptors (Lipinski definition) is 3. The topological polar surface area (TPSA) is 51.0 Å². The molecule has 1 atom stereocenters. The third-order valence-corrected chi connectivity index (χ3v) is 5.33. The molecule has 0 fully saturated rings. The number of rotatable bonds is 4. The molecule has 0 radical (unpaired) electrons. The van der Waals surface area contributed by atoms with E-state index in [4.69, 9.17) is 0 Å². The average molecular weight is 418 g/mol. The average Bonchev–Trinajstić information content (AvgIpc) is 3.24. The largest absolute Gasteiger partial charge is 0.416 e. The predicted octanol–water partition coefficient (Wildman–Crippen LogP) is 4.42. The molecule has 5 nitrogen and oxygen atoms in total. The number of anilines is 1. The first-order valence-corrected chi connectivity index (χ1v) is 9.21. The van der Waals surface area contributed by atoms with Crippen LogP contribution in [-0.4, -0.2) is 20.7 Å². The van der Waals surface area contributed by atoms with Crippen LogP contribution in [0.2, 0.25) is 0 Å². The molecule has 3 aromatic rings. The quantitative estimate of drug-likeness (QED) is 0.590. The van der Waals surface area contributed by atoms with Gasteiger partial charge in [0.2, 0.25) is 0 Å². The highest BCUT2D eigenvalue weighted by Crippen LogP contribution is 2.39. The minimum atomic E-state index is -4.56. The number of nitrogens with zero attached hydrogens (tertiary/aromatic N) is 4. The van der Waals surface area contributed by atoms with E-state index >= 15 is 4.39 Å². The van der Waals surface area contributed by atoms with Crippen molar-refractivity contribution in [3.8, 4) is 0 Å². The summed E-state index contributed by atoms with van der Waals surface area (Å²) in [4.78, 5) is 14.0. The van der Waals surface area contributed by atoms with E-state index in [1.807, 2.05) is 0 Å². The Kier molecular flexibility index (Phi) is 4.63. The fraction of sp³-hybridized carbons (Fsp3) is 0.286. The van der Waals surface area contributed by atoms with E-state index in [-0.39, 0.29) is 24.1 Å². The minimum Gasteiger partial charge on any atom is -0.321 e. The second-order valence-corrected chi connectivity index (χ2v) is 7.50. The molecular weight excluding hydrogens is 400 g/mol. The molecule has 0 aliphatic carbocycles. The van der Waals surface area contributed by atoms with E-state index < -0.39 is 23.3 Å². The van der Waals surface area contributed by atoms with Crippen molar-refractivity contribution in [1.29, 1.82) is 0 Å². The van der Waals surface area contributed by atoms with E-state index in [2.05, 4.69) is 10.2 Å². The molecule has 1 amide bonds. The molecule has 1 aliphatic heterocycles. The maximum absolute atomic E-state index is 15.5. The summed E-state index contributed by atoms with van der Waals surface area (Å²) in [5.41, 5.74) is -2.07. The van der Waals surface area contributed by atoms with E-state index in [1.54, 1.807) is 29.8 Å². The van der Waals surface area contributed by atoms with Crippen molar-refractivity contribution in [1.82, 2.24) is 14.8 Å². The zero-order valence-corrected chi connectivity index (χ0v) is 16.2. The van der Waals surface area contributed by atoms with Gasteiger partial charge in [-0.1, -0.05) is 18.2 Å². The lowest BCUT2D eigenvalue weighted by molar-refractivity contribution is -0.138. The van der Waals surface area contributed by atoms with E-state index in [0.717, 1.165) is 6.07 Å². The van der Waals surface area contributed by atoms with Crippen molar-refractivity contribution < 1.29 is 22.4 Å². The third kappa shape index (κ3) is 3.44. The monoisotopic (exact) mass is 418 g/mol. The van der Waals surface area contributed by atoms with Crippen LogP contribution in [0.5, 0.6) is 0 Å². The lowest BCUT2D eigenvalue weighted by atomic mass is 9.93. The molecule has 4 rings (SSSR count). The summed E-state index contributed by atoms with van der Waals surface area (Å²) < 4.78 is 57.1. The van der Waals surface area contributed by atoms with Crippen molar-refractivity contribution in [2.75, 3.05) is 4.90 Å². The van der Waals surface area contributed by atoms with Crippen molar-refractivity contribution in [3.05, 3.63) is 76.9 Å². The fourth-order valence-electron chi connectivity index (χ4n) is 3.67. The number of aryl methyl sites for hydroxylation is 1. The maximum atomic E-state index is 15.5. The zero-order valence-electron chi connectivity index (χ0n) is 16.2. The predicted molar refractivity (Wildman–Crippen MR) is 102 cm³/mol. The summed E-state index contributed by atoms with van der Waals surface area (Å²) >= 11 is 0. The lowest BCUT2D eigenvalue weighted by Gasteiger charge is -2.23. The summed E-state index contributed by atoms with van der Waals surface area (Å²) in [6.07, 6.45) is -3.13. The molecule has 0 saturated carbocycles. The Bertz CT molecular complexity index is 1120. The van der Waals surface area contributed by atoms with Crippen LogP contribution in [0.4, 0.5) is 23.2 Å². The van der Waals surface area contributed by atoms with Gasteiger partial charge in [-0.15, -0.1) is 10.2 Å². The van der Waals surface area contributed by atoms with Crippen LogP contribution >= 0.6 is 0 Å². The van der Waals surface area contributed by atoms with Gasteiger partial charge >= 0.3 is 6.18 Å². The molecule has 0 saturated heterocycles. The normalized spacial score (nSPS) is 15.9. The number of amides is 1. The van der Waals surface area contributed by atoms with Gasteiger partial charge in [-0.05, 0) is 42.3 Å². The number of hydrogen-bond donors (Lipinski definition) is 0. The Hall–Kier alpha value is -3.23. The molecule has 2 aromatic carbocycles. The van der Waals surface area contributed by atoms with Gasteiger partial charge in [0.1, 0.15) is 17.8 Å². The van der Waals surface area contributed by atoms with Gasteiger partial charge in [0.05, 0.1) is 12.1 Å². The molecule has 156 valence electrons. The van der Waals surface area contributed by atoms with Gasteiger partial charge in [0.25, 0.3) is 5.91 Å². The first-order valence-electron chi connectivity index (χ1n) is 9.21. The van der Waals surface area contributed by atoms with Crippen LogP contribution < -0.4 is 4.90 Å². The summed E-state index contributed by atoms with van der Waals surface area (Å²) in [6, 6.07) is 9.80. The van der Waals surface area contributed by atoms with E-state index in [0.29, 0.717) is 17.1 Å². The number of carbonyl (C=O) groups is 1. The molecule has 1 aliphatic rings. The van der Waals surface area contributed by atoms with Crippen LogP contribution in [0.1, 0.15) is 39.8 Å². The van der Waals surface area contributed by atoms with Crippen LogP contribution in [0.25, 0.3) is 0 Å². The Morgan fingerprint density at radius 3 is 2.50 bits per heavy atom. The summed E-state index contributed by atoms with van der Waals surface area (Å²) in [5.74, 6) is -0.0908. The van der Waals surface area contributed by atoms with Crippen molar-refractivity contribution in [2.24, 2.45) is 7.05 Å². The molecule has 30 heavy (non-hydrogen) atoms. The Labute approximate surface area is 170 Å². The first kappa shape index (κ1) is 20.1. The number of halogens is 4. The smallest absolute Gasteiger partial charge is 0.321 e. The number of alkyl halides is 4. The molecule has 0 N–H and O–H groups in total. The van der Waals surface area contributed by atoms with Gasteiger partial charge in [-0.25, -0.2) is 4.39 Å². The molecule has 2 heterocycles. The second kappa shape index (κ2) is 6.93. The molecule has 0 spiro atoms.